The Labute approximate surface area is 213 Å². The van der Waals surface area contributed by atoms with Crippen LogP contribution in [0.1, 0.15) is 29.9 Å². The van der Waals surface area contributed by atoms with Crippen LogP contribution >= 0.6 is 0 Å². The van der Waals surface area contributed by atoms with E-state index >= 15 is 0 Å². The predicted molar refractivity (Wildman–Crippen MR) is 141 cm³/mol. The van der Waals surface area contributed by atoms with Gasteiger partial charge >= 0.3 is 0 Å². The first-order valence-corrected chi connectivity index (χ1v) is 14.0. The highest BCUT2D eigenvalue weighted by atomic mass is 32.2. The van der Waals surface area contributed by atoms with Crippen LogP contribution in [0.5, 0.6) is 0 Å². The molecule has 9 heteroatoms. The Balaban J connectivity index is 1.93. The van der Waals surface area contributed by atoms with Crippen molar-refractivity contribution in [3.8, 4) is 11.1 Å². The van der Waals surface area contributed by atoms with Crippen molar-refractivity contribution < 1.29 is 23.1 Å². The van der Waals surface area contributed by atoms with Gasteiger partial charge in [-0.1, -0.05) is 49.4 Å². The van der Waals surface area contributed by atoms with Gasteiger partial charge in [-0.25, -0.2) is 12.7 Å². The number of rotatable bonds is 5. The van der Waals surface area contributed by atoms with Crippen LogP contribution in [0.25, 0.3) is 22.0 Å². The first-order valence-electron chi connectivity index (χ1n) is 12.1. The summed E-state index contributed by atoms with van der Waals surface area (Å²) in [7, 11) is 0.0180. The Bertz CT molecular complexity index is 1370. The number of benzene rings is 2. The molecule has 0 spiro atoms. The van der Waals surface area contributed by atoms with Gasteiger partial charge < -0.3 is 19.3 Å². The summed E-state index contributed by atoms with van der Waals surface area (Å²) in [6.45, 7) is 4.32. The highest BCUT2D eigenvalue weighted by Gasteiger charge is 2.34. The third kappa shape index (κ3) is 4.93. The van der Waals surface area contributed by atoms with Gasteiger partial charge in [-0.2, -0.15) is 0 Å². The number of aliphatic hydroxyl groups excluding tert-OH is 1. The van der Waals surface area contributed by atoms with Crippen molar-refractivity contribution in [3.63, 3.8) is 0 Å². The predicted octanol–water partition coefficient (Wildman–Crippen LogP) is 3.09. The van der Waals surface area contributed by atoms with Crippen LogP contribution in [-0.2, 0) is 28.4 Å². The maximum Gasteiger partial charge on any atom is 0.271 e. The quantitative estimate of drug-likeness (QED) is 0.566. The Kier molecular flexibility index (Phi) is 7.56. The van der Waals surface area contributed by atoms with E-state index in [1.54, 1.807) is 4.90 Å². The van der Waals surface area contributed by atoms with Crippen molar-refractivity contribution >= 4 is 26.8 Å². The van der Waals surface area contributed by atoms with E-state index in [1.165, 1.54) is 17.6 Å². The summed E-state index contributed by atoms with van der Waals surface area (Å²) in [6, 6.07) is 15.4. The molecule has 0 bridgehead atoms. The molecule has 0 unspecified atom stereocenters. The zero-order valence-electron chi connectivity index (χ0n) is 21.5. The van der Waals surface area contributed by atoms with E-state index < -0.39 is 22.2 Å². The number of amides is 1. The third-order valence-electron chi connectivity index (χ3n) is 7.23. The summed E-state index contributed by atoms with van der Waals surface area (Å²) in [6.07, 6.45) is 0.709. The molecule has 194 valence electrons. The number of para-hydroxylation sites is 1. The van der Waals surface area contributed by atoms with Gasteiger partial charge in [0.1, 0.15) is 5.69 Å². The van der Waals surface area contributed by atoms with E-state index in [0.717, 1.165) is 27.6 Å². The number of likely N-dealkylation sites (N-methyl/N-ethyl adjacent to an activating group) is 1. The number of carbonyl (C=O) groups is 1. The molecule has 0 fully saturated rings. The Hall–Kier alpha value is -2.72. The lowest BCUT2D eigenvalue weighted by Crippen LogP contribution is -2.47. The van der Waals surface area contributed by atoms with Crippen LogP contribution in [0, 0.1) is 5.92 Å². The van der Waals surface area contributed by atoms with Gasteiger partial charge in [0.15, 0.2) is 0 Å². The van der Waals surface area contributed by atoms with Crippen molar-refractivity contribution in [3.05, 3.63) is 59.8 Å². The maximum atomic E-state index is 14.2. The molecular formula is C27H35N3O5S. The topological polar surface area (TPSA) is 92.1 Å². The van der Waals surface area contributed by atoms with Gasteiger partial charge in [-0.15, -0.1) is 0 Å². The second-order valence-corrected chi connectivity index (χ2v) is 11.9. The number of aliphatic hydroxyl groups is 1. The molecule has 0 saturated heterocycles. The minimum Gasteiger partial charge on any atom is -0.394 e. The summed E-state index contributed by atoms with van der Waals surface area (Å²) >= 11 is 0. The molecule has 2 aromatic carbocycles. The molecule has 1 N–H and O–H groups in total. The van der Waals surface area contributed by atoms with Crippen molar-refractivity contribution in [2.75, 3.05) is 33.0 Å². The second-order valence-electron chi connectivity index (χ2n) is 9.82. The van der Waals surface area contributed by atoms with Crippen LogP contribution in [0.2, 0.25) is 0 Å². The van der Waals surface area contributed by atoms with Crippen molar-refractivity contribution in [2.24, 2.45) is 13.0 Å². The lowest BCUT2D eigenvalue weighted by atomic mass is 9.96. The van der Waals surface area contributed by atoms with E-state index in [1.807, 2.05) is 74.0 Å². The van der Waals surface area contributed by atoms with Gasteiger partial charge in [0.05, 0.1) is 31.6 Å². The number of sulfonamides is 1. The number of hydrogen-bond acceptors (Lipinski definition) is 5. The highest BCUT2D eigenvalue weighted by Crippen LogP contribution is 2.38. The van der Waals surface area contributed by atoms with Crippen LogP contribution in [0.3, 0.4) is 0 Å². The molecule has 3 atom stereocenters. The average molecular weight is 514 g/mol. The molecule has 0 radical (unpaired) electrons. The zero-order valence-corrected chi connectivity index (χ0v) is 22.3. The molecule has 2 heterocycles. The van der Waals surface area contributed by atoms with Gasteiger partial charge in [-0.05, 0) is 24.1 Å². The monoisotopic (exact) mass is 513 g/mol. The summed E-state index contributed by atoms with van der Waals surface area (Å²) in [5, 5.41) is 11.0. The number of fused-ring (bicyclic) bond motifs is 5. The van der Waals surface area contributed by atoms with Crippen LogP contribution in [0.15, 0.2) is 48.5 Å². The fourth-order valence-corrected chi connectivity index (χ4v) is 5.33. The number of nitrogens with zero attached hydrogens (tertiary/aromatic N) is 3. The largest absolute Gasteiger partial charge is 0.394 e. The molecule has 0 aliphatic carbocycles. The molecule has 1 aliphatic rings. The van der Waals surface area contributed by atoms with E-state index in [0.29, 0.717) is 12.2 Å². The summed E-state index contributed by atoms with van der Waals surface area (Å²) in [5.74, 6) is -0.375. The zero-order chi connectivity index (χ0) is 26.2. The molecule has 1 amide bonds. The first-order chi connectivity index (χ1) is 17.0. The summed E-state index contributed by atoms with van der Waals surface area (Å²) in [5.41, 5.74) is 4.17. The highest BCUT2D eigenvalue weighted by molar-refractivity contribution is 7.88. The SMILES string of the molecule is C[C@H]1CN([C@@H](C)CO)C(=O)c2c(c3ccccc3n2C)-c2ccccc2CO[C@@H]1CN(C)S(C)(=O)=O. The van der Waals surface area contributed by atoms with E-state index in [2.05, 4.69) is 0 Å². The number of ether oxygens (including phenoxy) is 1. The lowest BCUT2D eigenvalue weighted by molar-refractivity contribution is -0.0146. The molecule has 8 nitrogen and oxygen atoms in total. The number of aromatic nitrogens is 1. The smallest absolute Gasteiger partial charge is 0.271 e. The van der Waals surface area contributed by atoms with Crippen molar-refractivity contribution in [1.82, 2.24) is 13.8 Å². The van der Waals surface area contributed by atoms with E-state index in [-0.39, 0.29) is 31.6 Å². The third-order valence-corrected chi connectivity index (χ3v) is 8.51. The normalized spacial score (nSPS) is 20.2. The number of aryl methyl sites for hydroxylation is 1. The van der Waals surface area contributed by atoms with Gasteiger partial charge in [0, 0.05) is 49.6 Å². The molecule has 1 aromatic heterocycles. The molecule has 36 heavy (non-hydrogen) atoms. The fourth-order valence-electron chi connectivity index (χ4n) is 4.91. The molecule has 4 rings (SSSR count). The number of hydrogen-bond donors (Lipinski definition) is 1. The van der Waals surface area contributed by atoms with Crippen molar-refractivity contribution in [2.45, 2.75) is 32.6 Å². The average Bonchev–Trinajstić information content (AvgIpc) is 3.14. The Morgan fingerprint density at radius 1 is 1.17 bits per heavy atom. The fraction of sp³-hybridized carbons (Fsp3) is 0.444. The Morgan fingerprint density at radius 3 is 2.53 bits per heavy atom. The molecule has 1 aliphatic heterocycles. The van der Waals surface area contributed by atoms with Crippen LogP contribution in [0.4, 0.5) is 0 Å². The van der Waals surface area contributed by atoms with E-state index in [4.69, 9.17) is 4.74 Å². The molecule has 0 saturated carbocycles. The van der Waals surface area contributed by atoms with Gasteiger partial charge in [-0.3, -0.25) is 4.79 Å². The number of carbonyl (C=O) groups excluding carboxylic acids is 1. The lowest BCUT2D eigenvalue weighted by Gasteiger charge is -2.34. The molecular weight excluding hydrogens is 478 g/mol. The van der Waals surface area contributed by atoms with Gasteiger partial charge in [0.2, 0.25) is 10.0 Å². The van der Waals surface area contributed by atoms with E-state index in [9.17, 15) is 18.3 Å². The minimum absolute atomic E-state index is 0.160. The minimum atomic E-state index is -3.41. The van der Waals surface area contributed by atoms with Crippen LogP contribution in [-0.4, -0.2) is 78.3 Å². The van der Waals surface area contributed by atoms with Crippen molar-refractivity contribution in [1.29, 1.82) is 0 Å². The standard InChI is InChI=1S/C27H35N3O5S/c1-18-14-30(19(2)16-31)27(32)26-25(22-12-8-9-13-23(22)29(26)4)21-11-7-6-10-20(21)17-35-24(18)15-28(3)36(5,33)34/h6-13,18-19,24,31H,14-17H2,1-5H3/t18-,19-,24+/m0/s1. The second kappa shape index (κ2) is 10.3. The first kappa shape index (κ1) is 26.3. The van der Waals surface area contributed by atoms with Crippen LogP contribution < -0.4 is 0 Å². The van der Waals surface area contributed by atoms with Gasteiger partial charge in [0.25, 0.3) is 5.91 Å². The summed E-state index contributed by atoms with van der Waals surface area (Å²) in [4.78, 5) is 15.9. The Morgan fingerprint density at radius 2 is 1.83 bits per heavy atom. The molecule has 3 aromatic rings. The summed E-state index contributed by atoms with van der Waals surface area (Å²) < 4.78 is 33.9. The maximum absolute atomic E-state index is 14.2.